The van der Waals surface area contributed by atoms with Crippen LogP contribution in [0.15, 0.2) is 40.8 Å². The molecule has 3 aliphatic rings. The van der Waals surface area contributed by atoms with Crippen LogP contribution in [0.3, 0.4) is 0 Å². The zero-order chi connectivity index (χ0) is 17.4. The summed E-state index contributed by atoms with van der Waals surface area (Å²) in [7, 11) is 0. The van der Waals surface area contributed by atoms with Crippen LogP contribution in [0, 0.1) is 11.7 Å². The third-order valence-corrected chi connectivity index (χ3v) is 5.33. The third kappa shape index (κ3) is 3.14. The monoisotopic (exact) mass is 344 g/mol. The highest BCUT2D eigenvalue weighted by Gasteiger charge is 2.40. The maximum Gasteiger partial charge on any atom is 0.290 e. The van der Waals surface area contributed by atoms with Crippen LogP contribution in [0.2, 0.25) is 0 Å². The Morgan fingerprint density at radius 1 is 1.24 bits per heavy atom. The Kier molecular flexibility index (Phi) is 4.21. The summed E-state index contributed by atoms with van der Waals surface area (Å²) in [6.07, 6.45) is 2.24. The number of nitrogens with zero attached hydrogens (tertiary/aromatic N) is 1. The van der Waals surface area contributed by atoms with Crippen molar-refractivity contribution in [2.75, 3.05) is 13.1 Å². The van der Waals surface area contributed by atoms with Crippen molar-refractivity contribution < 1.29 is 18.3 Å². The van der Waals surface area contributed by atoms with E-state index in [2.05, 4.69) is 17.1 Å². The van der Waals surface area contributed by atoms with E-state index in [-0.39, 0.29) is 29.4 Å². The van der Waals surface area contributed by atoms with Crippen molar-refractivity contribution in [2.24, 2.45) is 5.92 Å². The number of amides is 1. The van der Waals surface area contributed by atoms with Crippen LogP contribution in [0.25, 0.3) is 0 Å². The first-order chi connectivity index (χ1) is 12.1. The van der Waals surface area contributed by atoms with Gasteiger partial charge in [-0.25, -0.2) is 4.39 Å². The summed E-state index contributed by atoms with van der Waals surface area (Å²) in [5.74, 6) is 0.120. The predicted molar refractivity (Wildman–Crippen MR) is 90.2 cm³/mol. The molecule has 0 radical (unpaired) electrons. The van der Waals surface area contributed by atoms with Gasteiger partial charge < -0.3 is 14.5 Å². The molecule has 1 aromatic heterocycles. The first-order valence-electron chi connectivity index (χ1n) is 8.69. The molecule has 2 bridgehead atoms. The summed E-state index contributed by atoms with van der Waals surface area (Å²) in [6.45, 7) is 4.38. The number of benzene rings is 1. The fourth-order valence-corrected chi connectivity index (χ4v) is 3.90. The second-order valence-electron chi connectivity index (χ2n) is 6.76. The Bertz CT molecular complexity index is 766. The molecule has 0 aliphatic carbocycles. The normalized spacial score (nSPS) is 27.9. The van der Waals surface area contributed by atoms with Crippen LogP contribution in [0.5, 0.6) is 11.7 Å². The molecular formula is C19H21FN2O3. The number of fused-ring (bicyclic) bond motifs is 3. The van der Waals surface area contributed by atoms with Crippen molar-refractivity contribution in [3.05, 3.63) is 48.0 Å². The molecule has 1 amide bonds. The Balaban J connectivity index is 1.43. The van der Waals surface area contributed by atoms with Gasteiger partial charge in [-0.05, 0) is 57.0 Å². The van der Waals surface area contributed by atoms with Gasteiger partial charge in [0.1, 0.15) is 0 Å². The van der Waals surface area contributed by atoms with Crippen molar-refractivity contribution in [1.29, 1.82) is 0 Å². The van der Waals surface area contributed by atoms with E-state index in [9.17, 15) is 9.18 Å². The van der Waals surface area contributed by atoms with E-state index in [1.165, 1.54) is 18.2 Å². The molecular weight excluding hydrogens is 323 g/mol. The number of halogens is 1. The molecule has 0 spiro atoms. The molecule has 1 aromatic carbocycles. The number of furan rings is 1. The van der Waals surface area contributed by atoms with Gasteiger partial charge in [0, 0.05) is 18.2 Å². The van der Waals surface area contributed by atoms with Crippen molar-refractivity contribution in [2.45, 2.75) is 31.8 Å². The molecule has 4 heterocycles. The zero-order valence-corrected chi connectivity index (χ0v) is 14.1. The minimum atomic E-state index is -0.481. The molecule has 5 rings (SSSR count). The lowest BCUT2D eigenvalue weighted by molar-refractivity contribution is 0.0210. The first-order valence-corrected chi connectivity index (χ1v) is 8.69. The SMILES string of the molecule is CC1C(NC(=O)c2ccc(Oc3ccccc3F)o2)C2CCN1CC2. The Hall–Kier alpha value is -2.34. The first kappa shape index (κ1) is 16.1. The van der Waals surface area contributed by atoms with E-state index in [0.717, 1.165) is 25.9 Å². The molecule has 2 aromatic rings. The molecule has 0 saturated carbocycles. The fourth-order valence-electron chi connectivity index (χ4n) is 3.90. The van der Waals surface area contributed by atoms with Crippen molar-refractivity contribution >= 4 is 5.91 Å². The molecule has 2 unspecified atom stereocenters. The van der Waals surface area contributed by atoms with E-state index in [1.807, 2.05) is 0 Å². The second kappa shape index (κ2) is 6.52. The number of piperidine rings is 3. The predicted octanol–water partition coefficient (Wildman–Crippen LogP) is 3.42. The summed E-state index contributed by atoms with van der Waals surface area (Å²) in [6, 6.07) is 9.62. The van der Waals surface area contributed by atoms with E-state index in [0.29, 0.717) is 12.0 Å². The van der Waals surface area contributed by atoms with Gasteiger partial charge in [-0.2, -0.15) is 0 Å². The largest absolute Gasteiger partial charge is 0.423 e. The number of para-hydroxylation sites is 1. The van der Waals surface area contributed by atoms with Gasteiger partial charge in [-0.3, -0.25) is 9.69 Å². The summed E-state index contributed by atoms with van der Waals surface area (Å²) in [4.78, 5) is 14.9. The molecule has 2 atom stereocenters. The molecule has 1 N–H and O–H groups in total. The Morgan fingerprint density at radius 3 is 2.72 bits per heavy atom. The van der Waals surface area contributed by atoms with Gasteiger partial charge >= 0.3 is 0 Å². The Labute approximate surface area is 145 Å². The molecule has 25 heavy (non-hydrogen) atoms. The topological polar surface area (TPSA) is 54.7 Å². The van der Waals surface area contributed by atoms with Crippen LogP contribution in [-0.2, 0) is 0 Å². The summed E-state index contributed by atoms with van der Waals surface area (Å²) in [5.41, 5.74) is 0. The molecule has 3 aliphatic heterocycles. The maximum atomic E-state index is 13.6. The average molecular weight is 344 g/mol. The highest BCUT2D eigenvalue weighted by molar-refractivity contribution is 5.91. The van der Waals surface area contributed by atoms with Crippen LogP contribution < -0.4 is 10.1 Å². The summed E-state index contributed by atoms with van der Waals surface area (Å²) >= 11 is 0. The van der Waals surface area contributed by atoms with Crippen molar-refractivity contribution in [3.63, 3.8) is 0 Å². The van der Waals surface area contributed by atoms with Gasteiger partial charge in [-0.1, -0.05) is 12.1 Å². The van der Waals surface area contributed by atoms with E-state index in [4.69, 9.17) is 9.15 Å². The van der Waals surface area contributed by atoms with Gasteiger partial charge in [0.15, 0.2) is 17.3 Å². The maximum absolute atomic E-state index is 13.6. The highest BCUT2D eigenvalue weighted by atomic mass is 19.1. The molecule has 6 heteroatoms. The number of carbonyl (C=O) groups excluding carboxylic acids is 1. The molecule has 3 fully saturated rings. The van der Waals surface area contributed by atoms with Gasteiger partial charge in [-0.15, -0.1) is 0 Å². The van der Waals surface area contributed by atoms with Gasteiger partial charge in [0.05, 0.1) is 0 Å². The lowest BCUT2D eigenvalue weighted by atomic mass is 9.79. The number of rotatable bonds is 4. The van der Waals surface area contributed by atoms with Crippen LogP contribution in [0.1, 0.15) is 30.3 Å². The number of carbonyl (C=O) groups is 1. The molecule has 3 saturated heterocycles. The lowest BCUT2D eigenvalue weighted by Gasteiger charge is -2.49. The number of nitrogens with one attached hydrogen (secondary N) is 1. The van der Waals surface area contributed by atoms with Crippen LogP contribution in [0.4, 0.5) is 4.39 Å². The fraction of sp³-hybridized carbons (Fsp3) is 0.421. The Morgan fingerprint density at radius 2 is 2.00 bits per heavy atom. The van der Waals surface area contributed by atoms with Crippen molar-refractivity contribution in [1.82, 2.24) is 10.2 Å². The molecule has 5 nitrogen and oxygen atoms in total. The third-order valence-electron chi connectivity index (χ3n) is 5.33. The minimum Gasteiger partial charge on any atom is -0.423 e. The second-order valence-corrected chi connectivity index (χ2v) is 6.76. The number of hydrogen-bond donors (Lipinski definition) is 1. The molecule has 132 valence electrons. The van der Waals surface area contributed by atoms with E-state index in [1.54, 1.807) is 18.2 Å². The van der Waals surface area contributed by atoms with Crippen LogP contribution in [-0.4, -0.2) is 36.0 Å². The summed E-state index contributed by atoms with van der Waals surface area (Å²) < 4.78 is 24.4. The minimum absolute atomic E-state index is 0.0646. The van der Waals surface area contributed by atoms with E-state index >= 15 is 0 Å². The zero-order valence-electron chi connectivity index (χ0n) is 14.1. The quantitative estimate of drug-likeness (QED) is 0.923. The van der Waals surface area contributed by atoms with Crippen molar-refractivity contribution in [3.8, 4) is 11.7 Å². The standard InChI is InChI=1S/C19H21FN2O3/c1-12-18(13-8-10-22(12)11-9-13)21-19(23)16-6-7-17(25-16)24-15-5-3-2-4-14(15)20/h2-7,12-13,18H,8-11H2,1H3,(H,21,23). The van der Waals surface area contributed by atoms with E-state index < -0.39 is 5.82 Å². The lowest BCUT2D eigenvalue weighted by Crippen LogP contribution is -2.62. The van der Waals surface area contributed by atoms with Gasteiger partial charge in [0.2, 0.25) is 0 Å². The summed E-state index contributed by atoms with van der Waals surface area (Å²) in [5, 5.41) is 3.10. The number of hydrogen-bond acceptors (Lipinski definition) is 4. The average Bonchev–Trinajstić information content (AvgIpc) is 3.09. The number of ether oxygens (including phenoxy) is 1. The van der Waals surface area contributed by atoms with Gasteiger partial charge in [0.25, 0.3) is 11.9 Å². The smallest absolute Gasteiger partial charge is 0.290 e. The highest BCUT2D eigenvalue weighted by Crippen LogP contribution is 2.32. The van der Waals surface area contributed by atoms with Crippen LogP contribution >= 0.6 is 0 Å².